The fraction of sp³-hybridized carbons (Fsp3) is 0.625. The lowest BCUT2D eigenvalue weighted by molar-refractivity contribution is 0.798. The van der Waals surface area contributed by atoms with Crippen molar-refractivity contribution in [1.29, 1.82) is 0 Å². The van der Waals surface area contributed by atoms with Gasteiger partial charge in [0, 0.05) is 12.8 Å². The number of rotatable bonds is 2. The number of hydrogen-bond donors (Lipinski definition) is 0. The molecule has 0 amide bonds. The lowest BCUT2D eigenvalue weighted by Gasteiger charge is -1.99. The maximum atomic E-state index is 4.25. The van der Waals surface area contributed by atoms with Crippen molar-refractivity contribution in [3.05, 3.63) is 17.5 Å². The van der Waals surface area contributed by atoms with Crippen LogP contribution in [-0.2, 0) is 12.8 Å². The van der Waals surface area contributed by atoms with Crippen molar-refractivity contribution < 1.29 is 0 Å². The van der Waals surface area contributed by atoms with Gasteiger partial charge in [-0.2, -0.15) is 0 Å². The molecule has 0 bridgehead atoms. The zero-order valence-electron chi connectivity index (χ0n) is 7.26. The van der Waals surface area contributed by atoms with Crippen molar-refractivity contribution in [1.82, 2.24) is 15.0 Å². The molecule has 0 spiro atoms. The summed E-state index contributed by atoms with van der Waals surface area (Å²) in [5.74, 6) is 2.62. The van der Waals surface area contributed by atoms with Crippen molar-refractivity contribution in [2.45, 2.75) is 33.6 Å². The van der Waals surface area contributed by atoms with Crippen molar-refractivity contribution >= 4 is 0 Å². The summed E-state index contributed by atoms with van der Waals surface area (Å²) in [4.78, 5) is 12.6. The first-order chi connectivity index (χ1) is 5.26. The maximum absolute atomic E-state index is 4.25. The lowest BCUT2D eigenvalue weighted by atomic mass is 10.4. The van der Waals surface area contributed by atoms with Gasteiger partial charge in [0.15, 0.2) is 0 Å². The zero-order valence-corrected chi connectivity index (χ0v) is 7.26. The van der Waals surface area contributed by atoms with Crippen molar-refractivity contribution in [3.8, 4) is 0 Å². The summed E-state index contributed by atoms with van der Waals surface area (Å²) in [5.41, 5.74) is 0. The molecule has 0 saturated carbocycles. The molecule has 3 nitrogen and oxygen atoms in total. The van der Waals surface area contributed by atoms with E-state index in [9.17, 15) is 0 Å². The molecule has 60 valence electrons. The van der Waals surface area contributed by atoms with E-state index in [2.05, 4.69) is 15.0 Å². The smallest absolute Gasteiger partial charge is 0.132 e. The maximum Gasteiger partial charge on any atom is 0.132 e. The molecule has 11 heavy (non-hydrogen) atoms. The van der Waals surface area contributed by atoms with Gasteiger partial charge in [-0.1, -0.05) is 13.8 Å². The van der Waals surface area contributed by atoms with E-state index < -0.39 is 0 Å². The van der Waals surface area contributed by atoms with Gasteiger partial charge >= 0.3 is 0 Å². The van der Waals surface area contributed by atoms with Crippen LogP contribution in [-0.4, -0.2) is 15.0 Å². The Kier molecular flexibility index (Phi) is 2.52. The second-order valence-electron chi connectivity index (χ2n) is 2.42. The van der Waals surface area contributed by atoms with Crippen LogP contribution in [0.5, 0.6) is 0 Å². The molecule has 0 unspecified atom stereocenters. The van der Waals surface area contributed by atoms with Gasteiger partial charge in [-0.05, 0) is 6.92 Å². The van der Waals surface area contributed by atoms with E-state index in [0.29, 0.717) is 0 Å². The molecule has 0 fully saturated rings. The standard InChI is InChI=1S/C8H13N3/c1-4-7-9-6(3)10-8(5-2)11-7/h4-5H2,1-3H3. The quantitative estimate of drug-likeness (QED) is 0.639. The van der Waals surface area contributed by atoms with Gasteiger partial charge in [0.2, 0.25) is 0 Å². The normalized spacial score (nSPS) is 10.1. The number of aromatic nitrogens is 3. The monoisotopic (exact) mass is 151 g/mol. The van der Waals surface area contributed by atoms with Gasteiger partial charge in [0.1, 0.15) is 17.5 Å². The molecule has 1 aromatic heterocycles. The lowest BCUT2D eigenvalue weighted by Crippen LogP contribution is -2.03. The van der Waals surface area contributed by atoms with Gasteiger partial charge in [-0.25, -0.2) is 15.0 Å². The molecule has 0 N–H and O–H groups in total. The second-order valence-corrected chi connectivity index (χ2v) is 2.42. The summed E-state index contributed by atoms with van der Waals surface area (Å²) in [6, 6.07) is 0. The molecule has 0 saturated heterocycles. The molecule has 0 aliphatic heterocycles. The Morgan fingerprint density at radius 1 is 0.909 bits per heavy atom. The molecule has 0 aliphatic carbocycles. The molecule has 0 radical (unpaired) electrons. The molecular formula is C8H13N3. The Labute approximate surface area is 66.9 Å². The Bertz CT molecular complexity index is 223. The molecule has 1 rings (SSSR count). The Morgan fingerprint density at radius 3 is 1.73 bits per heavy atom. The fourth-order valence-corrected chi connectivity index (χ4v) is 0.914. The van der Waals surface area contributed by atoms with Crippen LogP contribution in [0.15, 0.2) is 0 Å². The van der Waals surface area contributed by atoms with Crippen LogP contribution in [0.3, 0.4) is 0 Å². The summed E-state index contributed by atoms with van der Waals surface area (Å²) in [5, 5.41) is 0. The highest BCUT2D eigenvalue weighted by atomic mass is 15.0. The topological polar surface area (TPSA) is 38.7 Å². The molecular weight excluding hydrogens is 138 g/mol. The summed E-state index contributed by atoms with van der Waals surface area (Å²) in [6.45, 7) is 6.00. The minimum atomic E-state index is 0.828. The van der Waals surface area contributed by atoms with Crippen LogP contribution < -0.4 is 0 Å². The highest BCUT2D eigenvalue weighted by molar-refractivity contribution is 4.95. The van der Waals surface area contributed by atoms with E-state index >= 15 is 0 Å². The summed E-state index contributed by atoms with van der Waals surface area (Å²) >= 11 is 0. The van der Waals surface area contributed by atoms with Gasteiger partial charge in [0.05, 0.1) is 0 Å². The molecule has 1 heterocycles. The van der Waals surface area contributed by atoms with E-state index in [1.165, 1.54) is 0 Å². The Balaban J connectivity index is 3.02. The number of hydrogen-bond acceptors (Lipinski definition) is 3. The summed E-state index contributed by atoms with van der Waals surface area (Å²) < 4.78 is 0. The third-order valence-corrected chi connectivity index (χ3v) is 1.47. The fourth-order valence-electron chi connectivity index (χ4n) is 0.914. The first-order valence-corrected chi connectivity index (χ1v) is 3.96. The number of nitrogens with zero attached hydrogens (tertiary/aromatic N) is 3. The molecule has 0 atom stereocenters. The van der Waals surface area contributed by atoms with Crippen molar-refractivity contribution in [3.63, 3.8) is 0 Å². The van der Waals surface area contributed by atoms with E-state index in [-0.39, 0.29) is 0 Å². The minimum Gasteiger partial charge on any atom is -0.218 e. The predicted molar refractivity (Wildman–Crippen MR) is 43.3 cm³/mol. The molecule has 1 aromatic rings. The average molecular weight is 151 g/mol. The largest absolute Gasteiger partial charge is 0.218 e. The van der Waals surface area contributed by atoms with Gasteiger partial charge in [-0.3, -0.25) is 0 Å². The van der Waals surface area contributed by atoms with E-state index in [4.69, 9.17) is 0 Å². The van der Waals surface area contributed by atoms with E-state index in [1.807, 2.05) is 20.8 Å². The first-order valence-electron chi connectivity index (χ1n) is 3.96. The van der Waals surface area contributed by atoms with Crippen LogP contribution in [0.1, 0.15) is 31.3 Å². The number of aryl methyl sites for hydroxylation is 3. The average Bonchev–Trinajstić information content (AvgIpc) is 2.03. The molecule has 0 aliphatic rings. The van der Waals surface area contributed by atoms with Gasteiger partial charge in [-0.15, -0.1) is 0 Å². The third kappa shape index (κ3) is 1.97. The Hall–Kier alpha value is -0.990. The zero-order chi connectivity index (χ0) is 8.27. The van der Waals surface area contributed by atoms with E-state index in [1.54, 1.807) is 0 Å². The van der Waals surface area contributed by atoms with E-state index in [0.717, 1.165) is 30.3 Å². The SMILES string of the molecule is CCc1nc(C)nc(CC)n1. The molecule has 0 aromatic carbocycles. The van der Waals surface area contributed by atoms with Crippen LogP contribution in [0.25, 0.3) is 0 Å². The summed E-state index contributed by atoms with van der Waals surface area (Å²) in [6.07, 6.45) is 1.77. The van der Waals surface area contributed by atoms with Crippen molar-refractivity contribution in [2.75, 3.05) is 0 Å². The van der Waals surface area contributed by atoms with Gasteiger partial charge < -0.3 is 0 Å². The van der Waals surface area contributed by atoms with Crippen LogP contribution in [0.4, 0.5) is 0 Å². The third-order valence-electron chi connectivity index (χ3n) is 1.47. The second kappa shape index (κ2) is 3.42. The van der Waals surface area contributed by atoms with Crippen LogP contribution in [0, 0.1) is 6.92 Å². The predicted octanol–water partition coefficient (Wildman–Crippen LogP) is 1.30. The van der Waals surface area contributed by atoms with Crippen LogP contribution in [0.2, 0.25) is 0 Å². The summed E-state index contributed by atoms with van der Waals surface area (Å²) in [7, 11) is 0. The Morgan fingerprint density at radius 2 is 1.36 bits per heavy atom. The highest BCUT2D eigenvalue weighted by Gasteiger charge is 1.98. The van der Waals surface area contributed by atoms with Crippen LogP contribution >= 0.6 is 0 Å². The molecule has 3 heteroatoms. The minimum absolute atomic E-state index is 0.828. The van der Waals surface area contributed by atoms with Crippen molar-refractivity contribution in [2.24, 2.45) is 0 Å². The highest BCUT2D eigenvalue weighted by Crippen LogP contribution is 1.96. The first kappa shape index (κ1) is 8.11. The van der Waals surface area contributed by atoms with Gasteiger partial charge in [0.25, 0.3) is 0 Å².